The summed E-state index contributed by atoms with van der Waals surface area (Å²) >= 11 is 5.44. The summed E-state index contributed by atoms with van der Waals surface area (Å²) < 4.78 is 3.07. The van der Waals surface area contributed by atoms with Gasteiger partial charge in [0.1, 0.15) is 0 Å². The van der Waals surface area contributed by atoms with Crippen molar-refractivity contribution in [2.45, 2.75) is 45.6 Å². The van der Waals surface area contributed by atoms with Crippen LogP contribution in [-0.2, 0) is 11.8 Å². The second-order valence-electron chi connectivity index (χ2n) is 6.14. The van der Waals surface area contributed by atoms with E-state index in [2.05, 4.69) is 67.6 Å². The van der Waals surface area contributed by atoms with Gasteiger partial charge in [0.25, 0.3) is 0 Å². The topological polar surface area (TPSA) is 20.7 Å². The van der Waals surface area contributed by atoms with E-state index in [-0.39, 0.29) is 5.41 Å². The Morgan fingerprint density at radius 2 is 1.84 bits per heavy atom. The van der Waals surface area contributed by atoms with Gasteiger partial charge in [-0.15, -0.1) is 0 Å². The van der Waals surface area contributed by atoms with Crippen LogP contribution in [0.25, 0.3) is 0 Å². The maximum Gasteiger partial charge on any atom is 0.177 e. The van der Waals surface area contributed by atoms with Gasteiger partial charge in [0.2, 0.25) is 0 Å². The average molecular weight is 274 g/mol. The van der Waals surface area contributed by atoms with Gasteiger partial charge in [-0.1, -0.05) is 51.1 Å². The lowest BCUT2D eigenvalue weighted by atomic mass is 9.92. The summed E-state index contributed by atoms with van der Waals surface area (Å²) in [6, 6.07) is 10.9. The molecule has 0 saturated carbocycles. The quantitative estimate of drug-likeness (QED) is 0.808. The number of aromatic amines is 1. The first-order valence-corrected chi connectivity index (χ1v) is 7.14. The number of rotatable bonds is 3. The van der Waals surface area contributed by atoms with Gasteiger partial charge in [-0.3, -0.25) is 0 Å². The molecule has 3 heteroatoms. The molecule has 0 aliphatic heterocycles. The van der Waals surface area contributed by atoms with Gasteiger partial charge in [0.15, 0.2) is 4.77 Å². The van der Waals surface area contributed by atoms with Crippen LogP contribution < -0.4 is 0 Å². The molecule has 1 atom stereocenters. The van der Waals surface area contributed by atoms with Crippen LogP contribution in [0.3, 0.4) is 0 Å². The Morgan fingerprint density at radius 1 is 1.21 bits per heavy atom. The summed E-state index contributed by atoms with van der Waals surface area (Å²) in [5.41, 5.74) is 2.71. The van der Waals surface area contributed by atoms with Gasteiger partial charge in [-0.25, -0.2) is 0 Å². The molecular weight excluding hydrogens is 252 g/mol. The highest BCUT2D eigenvalue weighted by atomic mass is 32.1. The summed E-state index contributed by atoms with van der Waals surface area (Å²) in [4.78, 5) is 3.19. The first-order chi connectivity index (χ1) is 8.89. The largest absolute Gasteiger partial charge is 0.337 e. The number of imidazole rings is 1. The molecule has 2 rings (SSSR count). The number of H-pyrrole nitrogens is 1. The van der Waals surface area contributed by atoms with Gasteiger partial charge in [-0.2, -0.15) is 0 Å². The predicted octanol–water partition coefficient (Wildman–Crippen LogP) is 4.65. The summed E-state index contributed by atoms with van der Waals surface area (Å²) in [6.45, 7) is 8.88. The molecule has 0 fully saturated rings. The number of aromatic nitrogens is 2. The highest BCUT2D eigenvalue weighted by Crippen LogP contribution is 2.26. The Morgan fingerprint density at radius 3 is 2.42 bits per heavy atom. The van der Waals surface area contributed by atoms with E-state index in [9.17, 15) is 0 Å². The zero-order valence-electron chi connectivity index (χ0n) is 12.1. The average Bonchev–Trinajstić information content (AvgIpc) is 2.72. The molecule has 0 aliphatic carbocycles. The highest BCUT2D eigenvalue weighted by Gasteiger charge is 2.21. The van der Waals surface area contributed by atoms with E-state index in [1.165, 1.54) is 11.3 Å². The fraction of sp³-hybridized carbons (Fsp3) is 0.438. The molecule has 0 aliphatic rings. The van der Waals surface area contributed by atoms with E-state index in [1.807, 2.05) is 6.20 Å². The van der Waals surface area contributed by atoms with E-state index in [1.54, 1.807) is 0 Å². The van der Waals surface area contributed by atoms with E-state index in [4.69, 9.17) is 12.2 Å². The summed E-state index contributed by atoms with van der Waals surface area (Å²) in [5.74, 6) is 0. The van der Waals surface area contributed by atoms with Crippen LogP contribution in [0, 0.1) is 4.77 Å². The molecule has 0 amide bonds. The van der Waals surface area contributed by atoms with Crippen LogP contribution in [0.1, 0.15) is 45.0 Å². The van der Waals surface area contributed by atoms with Gasteiger partial charge >= 0.3 is 0 Å². The maximum absolute atomic E-state index is 5.44. The first kappa shape index (κ1) is 14.1. The zero-order valence-corrected chi connectivity index (χ0v) is 12.9. The van der Waals surface area contributed by atoms with Gasteiger partial charge < -0.3 is 9.55 Å². The van der Waals surface area contributed by atoms with Gasteiger partial charge in [0.05, 0.1) is 0 Å². The highest BCUT2D eigenvalue weighted by molar-refractivity contribution is 7.71. The minimum atomic E-state index is 0.0957. The fourth-order valence-corrected chi connectivity index (χ4v) is 2.78. The Balaban J connectivity index is 2.32. The summed E-state index contributed by atoms with van der Waals surface area (Å²) in [5, 5.41) is 0. The summed E-state index contributed by atoms with van der Waals surface area (Å²) in [7, 11) is 0. The molecular formula is C16H22N2S. The molecule has 19 heavy (non-hydrogen) atoms. The lowest BCUT2D eigenvalue weighted by Crippen LogP contribution is -2.21. The standard InChI is InChI=1S/C16H22N2S/c1-12(10-13-8-6-5-7-9-13)18-14(16(2,3)4)11-17-15(18)19/h5-9,11-12H,10H2,1-4H3,(H,17,19). The normalized spacial score (nSPS) is 13.5. The first-order valence-electron chi connectivity index (χ1n) is 6.74. The second kappa shape index (κ2) is 5.33. The van der Waals surface area contributed by atoms with Crippen LogP contribution in [0.15, 0.2) is 36.5 Å². The molecule has 1 heterocycles. The van der Waals surface area contributed by atoms with Crippen molar-refractivity contribution in [3.05, 3.63) is 52.6 Å². The molecule has 1 aromatic heterocycles. The van der Waals surface area contributed by atoms with Crippen LogP contribution in [0.2, 0.25) is 0 Å². The molecule has 0 bridgehead atoms. The number of hydrogen-bond acceptors (Lipinski definition) is 1. The predicted molar refractivity (Wildman–Crippen MR) is 83.2 cm³/mol. The van der Waals surface area contributed by atoms with Gasteiger partial charge in [-0.05, 0) is 31.1 Å². The minimum Gasteiger partial charge on any atom is -0.337 e. The van der Waals surface area contributed by atoms with Crippen LogP contribution in [0.5, 0.6) is 0 Å². The van der Waals surface area contributed by atoms with Crippen molar-refractivity contribution in [1.82, 2.24) is 9.55 Å². The molecule has 2 aromatic rings. The zero-order chi connectivity index (χ0) is 14.0. The Labute approximate surface area is 120 Å². The molecule has 1 unspecified atom stereocenters. The third-order valence-electron chi connectivity index (χ3n) is 3.39. The van der Waals surface area contributed by atoms with E-state index >= 15 is 0 Å². The van der Waals surface area contributed by atoms with Gasteiger partial charge in [0, 0.05) is 23.3 Å². The lowest BCUT2D eigenvalue weighted by Gasteiger charge is -2.24. The third kappa shape index (κ3) is 3.16. The second-order valence-corrected chi connectivity index (χ2v) is 6.52. The van der Waals surface area contributed by atoms with Crippen molar-refractivity contribution in [3.63, 3.8) is 0 Å². The van der Waals surface area contributed by atoms with Crippen molar-refractivity contribution in [2.24, 2.45) is 0 Å². The molecule has 2 nitrogen and oxygen atoms in total. The molecule has 1 aromatic carbocycles. The minimum absolute atomic E-state index is 0.0957. The fourth-order valence-electron chi connectivity index (χ4n) is 2.44. The summed E-state index contributed by atoms with van der Waals surface area (Å²) in [6.07, 6.45) is 3.04. The number of nitrogens with zero attached hydrogens (tertiary/aromatic N) is 1. The van der Waals surface area contributed by atoms with E-state index in [0.717, 1.165) is 11.2 Å². The molecule has 0 spiro atoms. The monoisotopic (exact) mass is 274 g/mol. The number of nitrogens with one attached hydrogen (secondary N) is 1. The SMILES string of the molecule is CC(Cc1ccccc1)n1c(C(C)(C)C)c[nH]c1=S. The molecule has 0 radical (unpaired) electrons. The molecule has 1 N–H and O–H groups in total. The molecule has 0 saturated heterocycles. The van der Waals surface area contributed by atoms with Crippen LogP contribution >= 0.6 is 12.2 Å². The Bertz CT molecular complexity index is 587. The number of hydrogen-bond donors (Lipinski definition) is 1. The smallest absolute Gasteiger partial charge is 0.177 e. The van der Waals surface area contributed by atoms with E-state index in [0.29, 0.717) is 6.04 Å². The molecule has 102 valence electrons. The number of benzene rings is 1. The van der Waals surface area contributed by atoms with Crippen LogP contribution in [0.4, 0.5) is 0 Å². The van der Waals surface area contributed by atoms with Crippen molar-refractivity contribution >= 4 is 12.2 Å². The van der Waals surface area contributed by atoms with Crippen molar-refractivity contribution < 1.29 is 0 Å². The Hall–Kier alpha value is -1.35. The van der Waals surface area contributed by atoms with Crippen molar-refractivity contribution in [3.8, 4) is 0 Å². The van der Waals surface area contributed by atoms with Crippen LogP contribution in [-0.4, -0.2) is 9.55 Å². The van der Waals surface area contributed by atoms with Crippen molar-refractivity contribution in [2.75, 3.05) is 0 Å². The van der Waals surface area contributed by atoms with Crippen molar-refractivity contribution in [1.29, 1.82) is 0 Å². The lowest BCUT2D eigenvalue weighted by molar-refractivity contribution is 0.458. The third-order valence-corrected chi connectivity index (χ3v) is 3.71. The van der Waals surface area contributed by atoms with E-state index < -0.39 is 0 Å². The Kier molecular flexibility index (Phi) is 3.95. The maximum atomic E-state index is 5.44.